The molecule has 14 bridgehead atoms. The Morgan fingerprint density at radius 2 is 1.68 bits per heavy atom. The van der Waals surface area contributed by atoms with Gasteiger partial charge >= 0.3 is 5.97 Å². The summed E-state index contributed by atoms with van der Waals surface area (Å²) in [6, 6.07) is 13.1. The number of ether oxygens (including phenoxy) is 2. The van der Waals surface area contributed by atoms with Gasteiger partial charge in [-0.15, -0.1) is 5.92 Å². The van der Waals surface area contributed by atoms with E-state index in [4.69, 9.17) is 20.2 Å². The smallest absolute Gasteiger partial charge is 0.303 e. The highest BCUT2D eigenvalue weighted by Crippen LogP contribution is 2.72. The number of hydrogen-bond acceptors (Lipinski definition) is 11. The Morgan fingerprint density at radius 3 is 2.53 bits per heavy atom. The molecule has 15 unspecified atom stereocenters. The Kier molecular flexibility index (Phi) is 13.4. The quantitative estimate of drug-likeness (QED) is 0.130. The summed E-state index contributed by atoms with van der Waals surface area (Å²) in [4.78, 5) is 36.1. The van der Waals surface area contributed by atoms with Crippen LogP contribution in [0.15, 0.2) is 41.4 Å². The number of aliphatic hydroxyl groups excluding tert-OH is 1. The predicted octanol–water partition coefficient (Wildman–Crippen LogP) is 13.8. The molecule has 436 valence electrons. The summed E-state index contributed by atoms with van der Waals surface area (Å²) < 4.78 is 14.0. The van der Waals surface area contributed by atoms with Crippen LogP contribution in [0.1, 0.15) is 234 Å². The number of hydrogen-bond donors (Lipinski definition) is 4. The molecule has 16 aliphatic rings. The van der Waals surface area contributed by atoms with Crippen LogP contribution >= 0.6 is 21.6 Å². The van der Waals surface area contributed by atoms with Crippen LogP contribution in [0, 0.1) is 68.5 Å². The summed E-state index contributed by atoms with van der Waals surface area (Å²) in [5.41, 5.74) is 10.2. The average Bonchev–Trinajstić information content (AvgIpc) is 4.33. The van der Waals surface area contributed by atoms with Gasteiger partial charge in [0.15, 0.2) is 17.5 Å². The van der Waals surface area contributed by atoms with E-state index in [1.807, 2.05) is 4.90 Å². The largest absolute Gasteiger partial charge is 0.504 e. The van der Waals surface area contributed by atoms with Gasteiger partial charge in [-0.3, -0.25) is 14.6 Å². The third kappa shape index (κ3) is 8.42. The van der Waals surface area contributed by atoms with Crippen molar-refractivity contribution in [3.8, 4) is 23.3 Å². The molecule has 0 radical (unpaired) electrons. The van der Waals surface area contributed by atoms with E-state index in [2.05, 4.69) is 75.1 Å². The molecule has 7 aliphatic heterocycles. The zero-order chi connectivity index (χ0) is 55.0. The van der Waals surface area contributed by atoms with E-state index < -0.39 is 22.5 Å². The molecule has 10 fully saturated rings. The van der Waals surface area contributed by atoms with E-state index >= 15 is 4.79 Å². The zero-order valence-corrected chi connectivity index (χ0v) is 50.3. The average molecular weight is 1140 g/mol. The first kappa shape index (κ1) is 54.1. The third-order valence-corrected chi connectivity index (χ3v) is 30.0. The molecular weight excluding hydrogens is 1040 g/mol. The van der Waals surface area contributed by atoms with Gasteiger partial charge in [0.25, 0.3) is 0 Å². The minimum Gasteiger partial charge on any atom is -0.504 e. The molecule has 9 saturated carbocycles. The lowest BCUT2D eigenvalue weighted by atomic mass is 9.50. The minimum atomic E-state index is -0.800. The summed E-state index contributed by atoms with van der Waals surface area (Å²) in [5.74, 6) is 12.9. The Labute approximate surface area is 491 Å². The number of fused-ring (bicyclic) bond motifs is 3. The summed E-state index contributed by atoms with van der Waals surface area (Å²) >= 11 is 0. The highest BCUT2D eigenvalue weighted by molar-refractivity contribution is 8.77. The number of amides is 1. The molecule has 2 aromatic carbocycles. The summed E-state index contributed by atoms with van der Waals surface area (Å²) in [6.07, 6.45) is 32.1. The van der Waals surface area contributed by atoms with Crippen molar-refractivity contribution in [2.24, 2.45) is 67.4 Å². The van der Waals surface area contributed by atoms with Crippen molar-refractivity contribution in [2.45, 2.75) is 247 Å². The standard InChI is InChI=1S/C69H92N4O6S2/c1-45(74)78-65-32-18-48-35-51(59(77)60-58(48)49-19-34-68(79-60)28-8-14-52(68)36-49)41-73-44-67(40-57(73)76)55(47-12-3-2-4-13-47)21-31-64(67)24-7-11-46-17-30-63(37-46)26-10-29-69(63,72-61(70)71-43-64)81-80-42-53-16-15-50(54(20-33-65)56(75)39-65)38-66(53)27-9-25-62(66)22-5-6-23-62/h2-4,12-13,35,46,49-50,52-56,75,77H,5-6,8-11,14-23,25-34,36-44H2,1H3,(H3,70,71,72). The molecule has 15 atom stereocenters. The number of phenols is 1. The fraction of sp³-hybridized carbons (Fsp3) is 0.754. The second-order valence-electron chi connectivity index (χ2n) is 29.9. The lowest BCUT2D eigenvalue weighted by molar-refractivity contribution is -0.172. The highest BCUT2D eigenvalue weighted by Gasteiger charge is 2.66. The van der Waals surface area contributed by atoms with E-state index in [-0.39, 0.29) is 63.2 Å². The fourth-order valence-corrected chi connectivity index (χ4v) is 27.0. The number of aliphatic imine (C=N–C) groups is 1. The minimum absolute atomic E-state index is 0.0800. The number of benzene rings is 2. The van der Waals surface area contributed by atoms with Gasteiger partial charge in [-0.2, -0.15) is 0 Å². The topological polar surface area (TPSA) is 147 Å². The van der Waals surface area contributed by atoms with Crippen LogP contribution in [0.5, 0.6) is 11.5 Å². The van der Waals surface area contributed by atoms with Crippen LogP contribution in [0.25, 0.3) is 0 Å². The molecule has 81 heavy (non-hydrogen) atoms. The number of esters is 1. The number of carbonyl (C=O) groups is 2. The van der Waals surface area contributed by atoms with E-state index in [1.54, 1.807) is 6.92 Å². The van der Waals surface area contributed by atoms with Crippen molar-refractivity contribution in [3.63, 3.8) is 0 Å². The van der Waals surface area contributed by atoms with Crippen LogP contribution in [-0.2, 0) is 27.3 Å². The Bertz CT molecular complexity index is 2910. The number of aromatic hydroxyl groups is 1. The van der Waals surface area contributed by atoms with Crippen molar-refractivity contribution in [1.29, 1.82) is 0 Å². The number of guanidine groups is 1. The number of rotatable bonds is 2. The van der Waals surface area contributed by atoms with Gasteiger partial charge in [0.2, 0.25) is 5.91 Å². The summed E-state index contributed by atoms with van der Waals surface area (Å²) in [5, 5.41) is 29.8. The van der Waals surface area contributed by atoms with Gasteiger partial charge in [-0.25, -0.2) is 0 Å². The maximum atomic E-state index is 15.4. The van der Waals surface area contributed by atoms with Gasteiger partial charge in [0, 0.05) is 67.0 Å². The number of carbonyl (C=O) groups excluding carboxylic acids is 2. The number of nitrogens with zero attached hydrogens (tertiary/aromatic N) is 2. The Hall–Kier alpha value is -3.53. The highest BCUT2D eigenvalue weighted by atomic mass is 33.1. The van der Waals surface area contributed by atoms with Crippen LogP contribution in [-0.4, -0.2) is 74.0 Å². The first-order chi connectivity index (χ1) is 39.2. The van der Waals surface area contributed by atoms with Crippen molar-refractivity contribution >= 4 is 39.4 Å². The van der Waals surface area contributed by atoms with Crippen molar-refractivity contribution < 1.29 is 29.3 Å². The van der Waals surface area contributed by atoms with Gasteiger partial charge in [0.05, 0.1) is 18.1 Å². The second-order valence-corrected chi connectivity index (χ2v) is 32.6. The molecule has 9 aliphatic carbocycles. The maximum Gasteiger partial charge on any atom is 0.303 e. The van der Waals surface area contributed by atoms with E-state index in [9.17, 15) is 15.0 Å². The molecule has 10 nitrogen and oxygen atoms in total. The number of aliphatic hydroxyl groups is 1. The number of aryl methyl sites for hydroxylation is 1. The zero-order valence-electron chi connectivity index (χ0n) is 48.6. The molecule has 18 rings (SSSR count). The number of nitrogens with one attached hydrogen (secondary N) is 1. The molecule has 12 heteroatoms. The predicted molar refractivity (Wildman–Crippen MR) is 321 cm³/mol. The van der Waals surface area contributed by atoms with E-state index in [1.165, 1.54) is 89.0 Å². The van der Waals surface area contributed by atoms with Crippen LogP contribution in [0.2, 0.25) is 0 Å². The molecule has 2 aromatic rings. The molecule has 7 heterocycles. The Balaban J connectivity index is 0.861. The summed E-state index contributed by atoms with van der Waals surface area (Å²) in [6.45, 7) is 2.76. The maximum absolute atomic E-state index is 15.4. The van der Waals surface area contributed by atoms with Gasteiger partial charge < -0.3 is 35.6 Å². The van der Waals surface area contributed by atoms with E-state index in [0.29, 0.717) is 79.6 Å². The van der Waals surface area contributed by atoms with Crippen LogP contribution < -0.4 is 15.8 Å². The third-order valence-electron chi connectivity index (χ3n) is 26.7. The van der Waals surface area contributed by atoms with Crippen molar-refractivity contribution in [2.75, 3.05) is 18.8 Å². The van der Waals surface area contributed by atoms with Crippen LogP contribution in [0.4, 0.5) is 0 Å². The molecule has 1 saturated heterocycles. The normalized spacial score (nSPS) is 44.0. The van der Waals surface area contributed by atoms with Gasteiger partial charge in [-0.05, 0) is 230 Å². The first-order valence-corrected chi connectivity index (χ1v) is 35.2. The van der Waals surface area contributed by atoms with Crippen molar-refractivity contribution in [3.05, 3.63) is 58.7 Å². The molecule has 1 amide bonds. The van der Waals surface area contributed by atoms with Gasteiger partial charge in [-0.1, -0.05) is 77.1 Å². The van der Waals surface area contributed by atoms with Crippen LogP contribution in [0.3, 0.4) is 0 Å². The second kappa shape index (κ2) is 20.0. The molecule has 7 spiro atoms. The van der Waals surface area contributed by atoms with Crippen molar-refractivity contribution in [1.82, 2.24) is 10.2 Å². The van der Waals surface area contributed by atoms with E-state index in [0.717, 1.165) is 112 Å². The molecule has 0 aromatic heterocycles. The summed E-state index contributed by atoms with van der Waals surface area (Å²) in [7, 11) is 4.29. The lowest BCUT2D eigenvalue weighted by Gasteiger charge is -2.56. The molecule has 5 N–H and O–H groups in total. The Morgan fingerprint density at radius 1 is 0.840 bits per heavy atom. The monoisotopic (exact) mass is 1140 g/mol. The number of nitrogens with two attached hydrogens (primary N) is 1. The lowest BCUT2D eigenvalue weighted by Crippen LogP contribution is -2.56. The fourth-order valence-electron chi connectivity index (χ4n) is 23.0. The number of phenolic OH excluding ortho intramolecular Hbond substituents is 1. The first-order valence-electron chi connectivity index (χ1n) is 32.9. The van der Waals surface area contributed by atoms with Gasteiger partial charge in [0.1, 0.15) is 16.1 Å². The molecular formula is C69H92N4O6S2. The SMILES string of the molecule is CC(=O)OC12CCc3cc(c(O)c4c3C3CCC5(CCCC5C3)O4)CN3CC4(CC3=O)C(c3ccccc3)CCC43C#CCC4CCC5(CCCC5(NC(N)=NC3)SSCC3CCC(CC35CCCC53CCCC3)C(CC1)C(O)C2)C4.